The van der Waals surface area contributed by atoms with E-state index < -0.39 is 0 Å². The van der Waals surface area contributed by atoms with Gasteiger partial charge in [-0.3, -0.25) is 0 Å². The van der Waals surface area contributed by atoms with Crippen molar-refractivity contribution in [3.63, 3.8) is 0 Å². The van der Waals surface area contributed by atoms with Crippen LogP contribution in [0.4, 0.5) is 5.95 Å². The molecule has 0 aliphatic carbocycles. The second-order valence-corrected chi connectivity index (χ2v) is 7.94. The Morgan fingerprint density at radius 1 is 0.900 bits per heavy atom. The van der Waals surface area contributed by atoms with E-state index in [4.69, 9.17) is 9.72 Å². The van der Waals surface area contributed by atoms with Crippen molar-refractivity contribution in [2.24, 2.45) is 0 Å². The standard InChI is InChI=1S/C24H23N5O/c1-2-4-17(5-3-1)21-8-9-23-27-20-7-6-18(14-22(20)29(21)23)19-15-25-24(26-16-19)28-10-12-30-13-11-28/h1-7,14-16,21H,8-13H2. The zero-order valence-corrected chi connectivity index (χ0v) is 16.7. The highest BCUT2D eigenvalue weighted by molar-refractivity contribution is 5.83. The van der Waals surface area contributed by atoms with Crippen LogP contribution in [0.15, 0.2) is 60.9 Å². The smallest absolute Gasteiger partial charge is 0.225 e. The summed E-state index contributed by atoms with van der Waals surface area (Å²) in [7, 11) is 0. The molecule has 150 valence electrons. The number of fused-ring (bicyclic) bond motifs is 3. The molecule has 2 aliphatic rings. The fraction of sp³-hybridized carbons (Fsp3) is 0.292. The molecule has 2 aromatic heterocycles. The Bertz CT molecular complexity index is 1180. The summed E-state index contributed by atoms with van der Waals surface area (Å²) in [5, 5.41) is 0. The molecule has 2 aromatic carbocycles. The monoisotopic (exact) mass is 397 g/mol. The molecule has 2 aliphatic heterocycles. The van der Waals surface area contributed by atoms with Crippen molar-refractivity contribution in [1.29, 1.82) is 0 Å². The topological polar surface area (TPSA) is 56.1 Å². The molecule has 0 saturated carbocycles. The number of benzene rings is 2. The first-order valence-electron chi connectivity index (χ1n) is 10.6. The molecular weight excluding hydrogens is 374 g/mol. The molecule has 0 radical (unpaired) electrons. The summed E-state index contributed by atoms with van der Waals surface area (Å²) in [6, 6.07) is 17.6. The van der Waals surface area contributed by atoms with E-state index in [-0.39, 0.29) is 0 Å². The van der Waals surface area contributed by atoms with E-state index in [1.807, 2.05) is 12.4 Å². The summed E-state index contributed by atoms with van der Waals surface area (Å²) in [5.41, 5.74) is 5.74. The molecule has 6 nitrogen and oxygen atoms in total. The van der Waals surface area contributed by atoms with Crippen LogP contribution in [0, 0.1) is 0 Å². The number of imidazole rings is 1. The zero-order chi connectivity index (χ0) is 19.9. The molecule has 6 rings (SSSR count). The third kappa shape index (κ3) is 2.95. The van der Waals surface area contributed by atoms with Gasteiger partial charge in [0.25, 0.3) is 0 Å². The molecule has 1 atom stereocenters. The highest BCUT2D eigenvalue weighted by Gasteiger charge is 2.27. The first kappa shape index (κ1) is 17.6. The lowest BCUT2D eigenvalue weighted by atomic mass is 10.0. The van der Waals surface area contributed by atoms with Crippen LogP contribution < -0.4 is 4.90 Å². The van der Waals surface area contributed by atoms with Gasteiger partial charge in [-0.05, 0) is 29.7 Å². The SMILES string of the molecule is c1ccc(C2CCc3nc4ccc(-c5cnc(N6CCOCC6)nc5)cc4n32)cc1. The van der Waals surface area contributed by atoms with Gasteiger partial charge in [0.2, 0.25) is 5.95 Å². The summed E-state index contributed by atoms with van der Waals surface area (Å²) >= 11 is 0. The van der Waals surface area contributed by atoms with E-state index in [0.717, 1.165) is 61.7 Å². The van der Waals surface area contributed by atoms with Gasteiger partial charge in [-0.25, -0.2) is 15.0 Å². The van der Waals surface area contributed by atoms with Crippen molar-refractivity contribution in [2.45, 2.75) is 18.9 Å². The summed E-state index contributed by atoms with van der Waals surface area (Å²) < 4.78 is 7.83. The second kappa shape index (κ2) is 7.22. The lowest BCUT2D eigenvalue weighted by molar-refractivity contribution is 0.122. The number of aryl methyl sites for hydroxylation is 1. The summed E-state index contributed by atoms with van der Waals surface area (Å²) in [6.07, 6.45) is 5.97. The highest BCUT2D eigenvalue weighted by atomic mass is 16.5. The van der Waals surface area contributed by atoms with Gasteiger partial charge in [0, 0.05) is 37.5 Å². The minimum atomic E-state index is 0.349. The third-order valence-corrected chi connectivity index (χ3v) is 6.17. The number of ether oxygens (including phenoxy) is 1. The van der Waals surface area contributed by atoms with Crippen LogP contribution in [-0.4, -0.2) is 45.8 Å². The number of hydrogen-bond donors (Lipinski definition) is 0. The van der Waals surface area contributed by atoms with E-state index in [1.54, 1.807) is 0 Å². The number of nitrogens with zero attached hydrogens (tertiary/aromatic N) is 5. The number of morpholine rings is 1. The Balaban J connectivity index is 1.36. The minimum absolute atomic E-state index is 0.349. The summed E-state index contributed by atoms with van der Waals surface area (Å²) in [4.78, 5) is 16.3. The van der Waals surface area contributed by atoms with E-state index in [0.29, 0.717) is 6.04 Å². The van der Waals surface area contributed by atoms with Gasteiger partial charge in [-0.1, -0.05) is 36.4 Å². The van der Waals surface area contributed by atoms with Crippen LogP contribution in [0.25, 0.3) is 22.2 Å². The lowest BCUT2D eigenvalue weighted by Crippen LogP contribution is -2.37. The van der Waals surface area contributed by atoms with E-state index in [9.17, 15) is 0 Å². The molecule has 1 unspecified atom stereocenters. The first-order valence-corrected chi connectivity index (χ1v) is 10.6. The van der Waals surface area contributed by atoms with Crippen molar-refractivity contribution in [1.82, 2.24) is 19.5 Å². The van der Waals surface area contributed by atoms with Gasteiger partial charge in [0.1, 0.15) is 5.82 Å². The van der Waals surface area contributed by atoms with Crippen LogP contribution in [0.3, 0.4) is 0 Å². The Kier molecular flexibility index (Phi) is 4.23. The first-order chi connectivity index (χ1) is 14.9. The fourth-order valence-electron chi connectivity index (χ4n) is 4.63. The Morgan fingerprint density at radius 2 is 1.70 bits per heavy atom. The maximum absolute atomic E-state index is 5.42. The number of anilines is 1. The molecule has 6 heteroatoms. The Hall–Kier alpha value is -3.25. The maximum atomic E-state index is 5.42. The van der Waals surface area contributed by atoms with Crippen LogP contribution in [0.5, 0.6) is 0 Å². The summed E-state index contributed by atoms with van der Waals surface area (Å²) in [5.74, 6) is 1.95. The normalized spacial score (nSPS) is 18.7. The van der Waals surface area contributed by atoms with Crippen molar-refractivity contribution in [3.8, 4) is 11.1 Å². The predicted molar refractivity (Wildman–Crippen MR) is 117 cm³/mol. The minimum Gasteiger partial charge on any atom is -0.378 e. The number of rotatable bonds is 3. The van der Waals surface area contributed by atoms with Crippen LogP contribution >= 0.6 is 0 Å². The van der Waals surface area contributed by atoms with Gasteiger partial charge in [-0.2, -0.15) is 0 Å². The van der Waals surface area contributed by atoms with E-state index in [1.165, 1.54) is 16.9 Å². The van der Waals surface area contributed by atoms with Gasteiger partial charge in [-0.15, -0.1) is 0 Å². The third-order valence-electron chi connectivity index (χ3n) is 6.17. The molecule has 4 heterocycles. The molecule has 4 aromatic rings. The summed E-state index contributed by atoms with van der Waals surface area (Å²) in [6.45, 7) is 3.15. The van der Waals surface area contributed by atoms with Crippen LogP contribution in [0.1, 0.15) is 23.9 Å². The molecule has 0 bridgehead atoms. The predicted octanol–water partition coefficient (Wildman–Crippen LogP) is 3.87. The van der Waals surface area contributed by atoms with Crippen LogP contribution in [0.2, 0.25) is 0 Å². The quantitative estimate of drug-likeness (QED) is 0.525. The van der Waals surface area contributed by atoms with Gasteiger partial charge < -0.3 is 14.2 Å². The van der Waals surface area contributed by atoms with Gasteiger partial charge in [0.15, 0.2) is 0 Å². The number of aromatic nitrogens is 4. The van der Waals surface area contributed by atoms with Gasteiger partial charge in [0.05, 0.1) is 30.3 Å². The zero-order valence-electron chi connectivity index (χ0n) is 16.7. The van der Waals surface area contributed by atoms with Crippen molar-refractivity contribution < 1.29 is 4.74 Å². The maximum Gasteiger partial charge on any atom is 0.225 e. The van der Waals surface area contributed by atoms with E-state index in [2.05, 4.69) is 68.0 Å². The molecule has 0 N–H and O–H groups in total. The van der Waals surface area contributed by atoms with E-state index >= 15 is 0 Å². The second-order valence-electron chi connectivity index (χ2n) is 7.94. The lowest BCUT2D eigenvalue weighted by Gasteiger charge is -2.26. The number of hydrogen-bond acceptors (Lipinski definition) is 5. The highest BCUT2D eigenvalue weighted by Crippen LogP contribution is 2.36. The fourth-order valence-corrected chi connectivity index (χ4v) is 4.63. The molecule has 0 amide bonds. The molecule has 30 heavy (non-hydrogen) atoms. The Morgan fingerprint density at radius 3 is 2.50 bits per heavy atom. The largest absolute Gasteiger partial charge is 0.378 e. The average molecular weight is 397 g/mol. The van der Waals surface area contributed by atoms with Crippen molar-refractivity contribution in [2.75, 3.05) is 31.2 Å². The molecule has 1 saturated heterocycles. The molecule has 0 spiro atoms. The molecule has 1 fully saturated rings. The molecular formula is C24H23N5O. The van der Waals surface area contributed by atoms with Gasteiger partial charge >= 0.3 is 0 Å². The van der Waals surface area contributed by atoms with Crippen molar-refractivity contribution >= 4 is 17.0 Å². The van der Waals surface area contributed by atoms with Crippen molar-refractivity contribution in [3.05, 3.63) is 72.3 Å². The van der Waals surface area contributed by atoms with Crippen LogP contribution in [-0.2, 0) is 11.2 Å². The Labute approximate surface area is 175 Å². The average Bonchev–Trinajstić information content (AvgIpc) is 3.39.